The Labute approximate surface area is 189 Å². The van der Waals surface area contributed by atoms with Gasteiger partial charge in [-0.3, -0.25) is 4.79 Å². The van der Waals surface area contributed by atoms with E-state index in [0.717, 1.165) is 22.3 Å². The van der Waals surface area contributed by atoms with Crippen LogP contribution in [0.2, 0.25) is 0 Å². The van der Waals surface area contributed by atoms with Crippen molar-refractivity contribution in [1.29, 1.82) is 0 Å². The van der Waals surface area contributed by atoms with E-state index in [-0.39, 0.29) is 24.0 Å². The zero-order chi connectivity index (χ0) is 22.2. The monoisotopic (exact) mass is 443 g/mol. The molecule has 2 bridgehead atoms. The number of rotatable bonds is 8. The molecule has 0 spiro atoms. The third-order valence-electron chi connectivity index (χ3n) is 6.73. The summed E-state index contributed by atoms with van der Waals surface area (Å²) in [5.74, 6) is 0.108. The minimum atomic E-state index is -3.62. The van der Waals surface area contributed by atoms with Crippen LogP contribution in [0.25, 0.3) is 5.57 Å². The lowest BCUT2D eigenvalue weighted by Gasteiger charge is -2.40. The average molecular weight is 444 g/mol. The number of ketones is 1. The first-order valence-electron chi connectivity index (χ1n) is 10.9. The Morgan fingerprint density at radius 1 is 0.844 bits per heavy atom. The molecule has 0 aromatic heterocycles. The fourth-order valence-electron chi connectivity index (χ4n) is 5.20. The minimum absolute atomic E-state index is 0.0357. The van der Waals surface area contributed by atoms with Crippen molar-refractivity contribution in [3.63, 3.8) is 0 Å². The van der Waals surface area contributed by atoms with Gasteiger partial charge in [-0.05, 0) is 41.0 Å². The van der Waals surface area contributed by atoms with Crippen molar-refractivity contribution in [2.45, 2.75) is 19.4 Å². The van der Waals surface area contributed by atoms with Crippen molar-refractivity contribution in [3.8, 4) is 0 Å². The second kappa shape index (κ2) is 8.15. The number of hydrogen-bond acceptors (Lipinski definition) is 3. The molecule has 3 aromatic rings. The SMILES string of the molecule is O=C(c1ccccc1)C12CC(C1)C(c1ccccc1)=C2CS(=O)(=O)NCc1ccccc1. The van der Waals surface area contributed by atoms with Gasteiger partial charge in [0.05, 0.1) is 11.2 Å². The molecule has 32 heavy (non-hydrogen) atoms. The molecule has 0 radical (unpaired) electrons. The van der Waals surface area contributed by atoms with Crippen LogP contribution >= 0.6 is 0 Å². The van der Waals surface area contributed by atoms with Gasteiger partial charge < -0.3 is 0 Å². The lowest BCUT2D eigenvalue weighted by atomic mass is 9.62. The minimum Gasteiger partial charge on any atom is -0.293 e. The molecule has 3 aliphatic carbocycles. The molecule has 162 valence electrons. The Balaban J connectivity index is 1.50. The molecular formula is C27H25NO3S. The van der Waals surface area contributed by atoms with Crippen molar-refractivity contribution in [2.24, 2.45) is 11.3 Å². The topological polar surface area (TPSA) is 63.2 Å². The van der Waals surface area contributed by atoms with E-state index in [4.69, 9.17) is 0 Å². The van der Waals surface area contributed by atoms with Gasteiger partial charge in [0.1, 0.15) is 0 Å². The number of hydrogen-bond donors (Lipinski definition) is 1. The summed E-state index contributed by atoms with van der Waals surface area (Å²) < 4.78 is 29.0. The molecule has 0 saturated heterocycles. The first-order valence-corrected chi connectivity index (χ1v) is 12.5. The molecule has 1 fully saturated rings. The molecule has 3 aromatic carbocycles. The Morgan fingerprint density at radius 2 is 1.41 bits per heavy atom. The number of nitrogens with one attached hydrogen (secondary N) is 1. The highest BCUT2D eigenvalue weighted by Crippen LogP contribution is 2.66. The van der Waals surface area contributed by atoms with Gasteiger partial charge in [0.15, 0.2) is 5.78 Å². The van der Waals surface area contributed by atoms with Gasteiger partial charge in [0, 0.05) is 12.1 Å². The van der Waals surface area contributed by atoms with Gasteiger partial charge in [-0.1, -0.05) is 91.0 Å². The lowest BCUT2D eigenvalue weighted by Crippen LogP contribution is -2.41. The Hall–Kier alpha value is -3.02. The van der Waals surface area contributed by atoms with Crippen LogP contribution in [0.3, 0.4) is 0 Å². The molecule has 3 aliphatic rings. The van der Waals surface area contributed by atoms with Crippen LogP contribution in [0.1, 0.15) is 34.3 Å². The summed E-state index contributed by atoms with van der Waals surface area (Å²) in [6.07, 6.45) is 1.38. The lowest BCUT2D eigenvalue weighted by molar-refractivity contribution is 0.0689. The molecule has 1 saturated carbocycles. The van der Waals surface area contributed by atoms with Gasteiger partial charge in [-0.2, -0.15) is 0 Å². The maximum Gasteiger partial charge on any atom is 0.215 e. The van der Waals surface area contributed by atoms with Crippen molar-refractivity contribution < 1.29 is 13.2 Å². The van der Waals surface area contributed by atoms with E-state index in [1.165, 1.54) is 0 Å². The molecule has 0 atom stereocenters. The van der Waals surface area contributed by atoms with Crippen LogP contribution in [0.5, 0.6) is 0 Å². The summed E-state index contributed by atoms with van der Waals surface area (Å²) in [5.41, 5.74) is 3.65. The first-order chi connectivity index (χ1) is 15.5. The van der Waals surface area contributed by atoms with E-state index < -0.39 is 15.4 Å². The average Bonchev–Trinajstić information content (AvgIpc) is 3.28. The number of carbonyl (C=O) groups excluding carboxylic acids is 1. The Bertz CT molecular complexity index is 1260. The number of Topliss-reactive ketones (excluding diaryl/α,β-unsaturated/α-hetero) is 1. The molecule has 5 heteroatoms. The Morgan fingerprint density at radius 3 is 2.03 bits per heavy atom. The maximum absolute atomic E-state index is 13.6. The van der Waals surface area contributed by atoms with Gasteiger partial charge in [0.25, 0.3) is 0 Å². The maximum atomic E-state index is 13.6. The molecular weight excluding hydrogens is 418 g/mol. The van der Waals surface area contributed by atoms with E-state index in [1.54, 1.807) is 0 Å². The number of sulfonamides is 1. The third-order valence-corrected chi connectivity index (χ3v) is 7.98. The highest BCUT2D eigenvalue weighted by atomic mass is 32.2. The predicted molar refractivity (Wildman–Crippen MR) is 126 cm³/mol. The van der Waals surface area contributed by atoms with E-state index in [2.05, 4.69) is 4.72 Å². The summed E-state index contributed by atoms with van der Waals surface area (Å²) >= 11 is 0. The highest BCUT2D eigenvalue weighted by Gasteiger charge is 2.60. The van der Waals surface area contributed by atoms with Gasteiger partial charge in [0.2, 0.25) is 10.0 Å². The van der Waals surface area contributed by atoms with E-state index in [1.807, 2.05) is 91.0 Å². The van der Waals surface area contributed by atoms with Crippen LogP contribution in [0.4, 0.5) is 0 Å². The van der Waals surface area contributed by atoms with Crippen LogP contribution in [0, 0.1) is 11.3 Å². The molecule has 6 rings (SSSR count). The molecule has 1 N–H and O–H groups in total. The second-order valence-electron chi connectivity index (χ2n) is 8.71. The predicted octanol–water partition coefficient (Wildman–Crippen LogP) is 4.85. The van der Waals surface area contributed by atoms with Crippen LogP contribution in [0.15, 0.2) is 96.6 Å². The zero-order valence-electron chi connectivity index (χ0n) is 17.7. The number of carbonyl (C=O) groups is 1. The van der Waals surface area contributed by atoms with E-state index in [0.29, 0.717) is 18.4 Å². The summed E-state index contributed by atoms with van der Waals surface area (Å²) in [6, 6.07) is 28.6. The van der Waals surface area contributed by atoms with Gasteiger partial charge in [-0.15, -0.1) is 0 Å². The van der Waals surface area contributed by atoms with Crippen LogP contribution < -0.4 is 4.72 Å². The van der Waals surface area contributed by atoms with Crippen molar-refractivity contribution in [2.75, 3.05) is 5.75 Å². The fourth-order valence-corrected chi connectivity index (χ4v) is 6.50. The molecule has 0 amide bonds. The first kappa shape index (κ1) is 20.9. The standard InChI is InChI=1S/C27H25NO3S/c29-26(22-14-8-3-9-15-22)27-16-23(17-27)25(21-12-6-2-7-13-21)24(27)19-32(30,31)28-18-20-10-4-1-5-11-20/h1-15,23,28H,16-19H2. The summed E-state index contributed by atoms with van der Waals surface area (Å²) in [4.78, 5) is 13.6. The van der Waals surface area contributed by atoms with E-state index >= 15 is 0 Å². The molecule has 0 heterocycles. The van der Waals surface area contributed by atoms with Crippen molar-refractivity contribution in [1.82, 2.24) is 4.72 Å². The smallest absolute Gasteiger partial charge is 0.215 e. The second-order valence-corrected chi connectivity index (χ2v) is 10.5. The summed E-state index contributed by atoms with van der Waals surface area (Å²) in [7, 11) is -3.62. The van der Waals surface area contributed by atoms with Crippen molar-refractivity contribution >= 4 is 21.4 Å². The fraction of sp³-hybridized carbons (Fsp3) is 0.222. The molecule has 4 nitrogen and oxygen atoms in total. The van der Waals surface area contributed by atoms with E-state index in [9.17, 15) is 13.2 Å². The summed E-state index contributed by atoms with van der Waals surface area (Å²) in [5, 5.41) is 0. The number of allylic oxidation sites excluding steroid dienone is 1. The molecule has 0 aliphatic heterocycles. The normalized spacial score (nSPS) is 21.9. The van der Waals surface area contributed by atoms with Gasteiger partial charge >= 0.3 is 0 Å². The Kier molecular flexibility index (Phi) is 5.31. The van der Waals surface area contributed by atoms with Crippen LogP contribution in [-0.4, -0.2) is 20.0 Å². The summed E-state index contributed by atoms with van der Waals surface area (Å²) in [6.45, 7) is 0.236. The molecule has 0 unspecified atom stereocenters. The largest absolute Gasteiger partial charge is 0.293 e. The van der Waals surface area contributed by atoms with Crippen molar-refractivity contribution in [3.05, 3.63) is 113 Å². The number of benzene rings is 3. The zero-order valence-corrected chi connectivity index (χ0v) is 18.5. The third kappa shape index (κ3) is 3.72. The highest BCUT2D eigenvalue weighted by molar-refractivity contribution is 7.89. The quantitative estimate of drug-likeness (QED) is 0.506. The van der Waals surface area contributed by atoms with Crippen LogP contribution in [-0.2, 0) is 16.6 Å². The van der Waals surface area contributed by atoms with Gasteiger partial charge in [-0.25, -0.2) is 13.1 Å².